The van der Waals surface area contributed by atoms with Crippen molar-refractivity contribution >= 4 is 23.9 Å². The lowest BCUT2D eigenvalue weighted by atomic mass is 9.74. The number of carboxylic acids is 3. The first kappa shape index (κ1) is 29.2. The number of carbonyl (C=O) groups excluding carboxylic acids is 1. The molecule has 2 unspecified atom stereocenters. The molecule has 2 heterocycles. The van der Waals surface area contributed by atoms with Gasteiger partial charge in [-0.05, 0) is 24.0 Å². The quantitative estimate of drug-likeness (QED) is 0.158. The zero-order chi connectivity index (χ0) is 28.6. The van der Waals surface area contributed by atoms with Crippen molar-refractivity contribution in [2.75, 3.05) is 0 Å². The highest BCUT2D eigenvalue weighted by molar-refractivity contribution is 5.97. The van der Waals surface area contributed by atoms with Crippen molar-refractivity contribution < 1.29 is 64.0 Å². The number of aliphatic carboxylic acids is 3. The number of ether oxygens (including phenoxy) is 3. The lowest BCUT2D eigenvalue weighted by Crippen LogP contribution is -2.77. The second kappa shape index (κ2) is 10.4. The molecule has 0 spiro atoms. The van der Waals surface area contributed by atoms with Crippen molar-refractivity contribution in [1.29, 1.82) is 0 Å². The van der Waals surface area contributed by atoms with Crippen LogP contribution in [0.1, 0.15) is 32.3 Å². The molecule has 2 saturated heterocycles. The van der Waals surface area contributed by atoms with Gasteiger partial charge in [0.1, 0.15) is 18.3 Å². The van der Waals surface area contributed by atoms with E-state index in [1.54, 1.807) is 6.92 Å². The fourth-order valence-electron chi connectivity index (χ4n) is 5.17. The van der Waals surface area contributed by atoms with Crippen LogP contribution in [-0.4, -0.2) is 95.9 Å². The molecule has 0 aromatic heterocycles. The monoisotopic (exact) mass is 538 g/mol. The Morgan fingerprint density at radius 3 is 2.16 bits per heavy atom. The maximum Gasteiger partial charge on any atom is 0.343 e. The Kier molecular flexibility index (Phi) is 8.01. The van der Waals surface area contributed by atoms with Gasteiger partial charge in [-0.25, -0.2) is 14.4 Å². The summed E-state index contributed by atoms with van der Waals surface area (Å²) in [7, 11) is 0. The number of fused-ring (bicyclic) bond motifs is 2. The molecule has 3 rings (SSSR count). The first-order valence-corrected chi connectivity index (χ1v) is 11.7. The lowest BCUT2D eigenvalue weighted by molar-refractivity contribution is -0.374. The normalized spacial score (nSPS) is 33.7. The van der Waals surface area contributed by atoms with Crippen molar-refractivity contribution in [3.63, 3.8) is 0 Å². The average molecular weight is 539 g/mol. The van der Waals surface area contributed by atoms with Crippen molar-refractivity contribution in [1.82, 2.24) is 0 Å². The molecule has 1 aromatic rings. The van der Waals surface area contributed by atoms with Gasteiger partial charge in [-0.1, -0.05) is 43.8 Å². The van der Waals surface area contributed by atoms with Crippen LogP contribution in [0.3, 0.4) is 0 Å². The van der Waals surface area contributed by atoms with Crippen LogP contribution in [0.25, 0.3) is 0 Å². The standard InChI is InChI=1S/C25H30O13/c1-12(16(36-14(3)26)13(2)11-15-7-5-4-6-8-15)9-10-23-17(27)18(28)25(38-23,22(33)34)24(35,21(31)32)19(37-23)20(29)30/h4-8,13,16-19,27-28,35H,1,9-11H2,2-3H3,(H,29,30)(H,31,32)(H,33,34)/t13?,16?,17-,18-,19-,23-,24-,25-/m1/s1. The van der Waals surface area contributed by atoms with Gasteiger partial charge in [0.15, 0.2) is 5.79 Å². The molecule has 38 heavy (non-hydrogen) atoms. The Bertz CT molecular complexity index is 1120. The third-order valence-corrected chi connectivity index (χ3v) is 7.04. The second-order valence-electron chi connectivity index (χ2n) is 9.61. The largest absolute Gasteiger partial charge is 0.479 e. The van der Waals surface area contributed by atoms with Crippen LogP contribution in [0.4, 0.5) is 0 Å². The zero-order valence-corrected chi connectivity index (χ0v) is 20.6. The van der Waals surface area contributed by atoms with Crippen LogP contribution < -0.4 is 0 Å². The summed E-state index contributed by atoms with van der Waals surface area (Å²) >= 11 is 0. The van der Waals surface area contributed by atoms with Gasteiger partial charge in [-0.2, -0.15) is 0 Å². The van der Waals surface area contributed by atoms with Crippen molar-refractivity contribution in [3.05, 3.63) is 48.0 Å². The molecule has 13 nitrogen and oxygen atoms in total. The highest BCUT2D eigenvalue weighted by Gasteiger charge is 2.84. The van der Waals surface area contributed by atoms with Gasteiger partial charge in [0.25, 0.3) is 0 Å². The third kappa shape index (κ3) is 4.56. The molecule has 6 N–H and O–H groups in total. The highest BCUT2D eigenvalue weighted by Crippen LogP contribution is 2.54. The summed E-state index contributed by atoms with van der Waals surface area (Å²) in [6, 6.07) is 9.28. The van der Waals surface area contributed by atoms with E-state index in [4.69, 9.17) is 14.2 Å². The first-order valence-electron chi connectivity index (χ1n) is 11.7. The van der Waals surface area contributed by atoms with Crippen LogP contribution >= 0.6 is 0 Å². The summed E-state index contributed by atoms with van der Waals surface area (Å²) in [6.07, 6.45) is -8.75. The summed E-state index contributed by atoms with van der Waals surface area (Å²) in [5, 5.41) is 61.3. The number of hydrogen-bond donors (Lipinski definition) is 6. The molecule has 0 aliphatic carbocycles. The van der Waals surface area contributed by atoms with Crippen LogP contribution in [0.15, 0.2) is 42.5 Å². The molecular weight excluding hydrogens is 508 g/mol. The zero-order valence-electron chi connectivity index (χ0n) is 20.6. The molecule has 0 radical (unpaired) electrons. The molecule has 208 valence electrons. The van der Waals surface area contributed by atoms with Crippen LogP contribution in [-0.2, 0) is 39.8 Å². The van der Waals surface area contributed by atoms with Gasteiger partial charge < -0.3 is 44.8 Å². The van der Waals surface area contributed by atoms with E-state index >= 15 is 0 Å². The van der Waals surface area contributed by atoms with Crippen LogP contribution in [0.5, 0.6) is 0 Å². The van der Waals surface area contributed by atoms with Gasteiger partial charge in [0.2, 0.25) is 17.3 Å². The van der Waals surface area contributed by atoms with E-state index in [0.29, 0.717) is 6.42 Å². The Morgan fingerprint density at radius 2 is 1.66 bits per heavy atom. The number of carbonyl (C=O) groups is 4. The molecule has 13 heteroatoms. The van der Waals surface area contributed by atoms with Gasteiger partial charge in [0, 0.05) is 19.3 Å². The summed E-state index contributed by atoms with van der Waals surface area (Å²) in [5.74, 6) is -10.1. The SMILES string of the molecule is C=C(CC[C@@]12O[C@H](C(=O)O)[C@@](O)(C(=O)O)[C@@](C(=O)O)(O1)[C@H](O)[C@H]2O)C(OC(C)=O)C(C)Cc1ccccc1. The van der Waals surface area contributed by atoms with Crippen molar-refractivity contribution in [3.8, 4) is 0 Å². The summed E-state index contributed by atoms with van der Waals surface area (Å²) in [6.45, 7) is 6.93. The van der Waals surface area contributed by atoms with E-state index in [1.807, 2.05) is 30.3 Å². The molecule has 0 saturated carbocycles. The van der Waals surface area contributed by atoms with Gasteiger partial charge in [0.05, 0.1) is 0 Å². The summed E-state index contributed by atoms with van der Waals surface area (Å²) < 4.78 is 16.0. The smallest absolute Gasteiger partial charge is 0.343 e. The maximum absolute atomic E-state index is 12.2. The molecule has 1 aromatic carbocycles. The summed E-state index contributed by atoms with van der Waals surface area (Å²) in [5.41, 5.74) is -6.09. The predicted molar refractivity (Wildman–Crippen MR) is 125 cm³/mol. The predicted octanol–water partition coefficient (Wildman–Crippen LogP) is -0.296. The minimum absolute atomic E-state index is 0.200. The van der Waals surface area contributed by atoms with Crippen molar-refractivity contribution in [2.45, 2.75) is 74.5 Å². The lowest BCUT2D eigenvalue weighted by Gasteiger charge is -2.48. The number of benzene rings is 1. The fourth-order valence-corrected chi connectivity index (χ4v) is 5.17. The van der Waals surface area contributed by atoms with Gasteiger partial charge in [-0.3, -0.25) is 4.79 Å². The number of hydrogen-bond acceptors (Lipinski definition) is 10. The maximum atomic E-state index is 12.2. The second-order valence-corrected chi connectivity index (χ2v) is 9.61. The van der Waals surface area contributed by atoms with E-state index in [9.17, 15) is 49.8 Å². The topological polar surface area (TPSA) is 217 Å². The Morgan fingerprint density at radius 1 is 1.05 bits per heavy atom. The number of carboxylic acid groups (broad SMARTS) is 3. The molecule has 2 aliphatic heterocycles. The minimum Gasteiger partial charge on any atom is -0.479 e. The minimum atomic E-state index is -3.81. The Balaban J connectivity index is 1.93. The van der Waals surface area contributed by atoms with Crippen LogP contribution in [0, 0.1) is 5.92 Å². The number of rotatable bonds is 11. The molecule has 8 atom stereocenters. The fraction of sp³-hybridized carbons (Fsp3) is 0.520. The molecule has 2 aliphatic rings. The molecule has 2 fully saturated rings. The van der Waals surface area contributed by atoms with E-state index < -0.39 is 71.7 Å². The third-order valence-electron chi connectivity index (χ3n) is 7.04. The Hall–Kier alpha value is -3.36. The van der Waals surface area contributed by atoms with E-state index in [2.05, 4.69) is 6.58 Å². The highest BCUT2D eigenvalue weighted by atomic mass is 16.8. The number of aliphatic hydroxyl groups is 3. The number of aliphatic hydroxyl groups excluding tert-OH is 2. The average Bonchev–Trinajstić information content (AvgIpc) is 3.04. The molecule has 2 bridgehead atoms. The number of esters is 1. The van der Waals surface area contributed by atoms with Crippen molar-refractivity contribution in [2.24, 2.45) is 5.92 Å². The molecular formula is C25H30O13. The van der Waals surface area contributed by atoms with E-state index in [-0.39, 0.29) is 17.9 Å². The first-order chi connectivity index (χ1) is 17.6. The van der Waals surface area contributed by atoms with Crippen LogP contribution in [0.2, 0.25) is 0 Å². The van der Waals surface area contributed by atoms with Gasteiger partial charge in [-0.15, -0.1) is 0 Å². The Labute approximate surface area is 216 Å². The summed E-state index contributed by atoms with van der Waals surface area (Å²) in [4.78, 5) is 47.9. The molecule has 0 amide bonds. The van der Waals surface area contributed by atoms with E-state index in [0.717, 1.165) is 5.56 Å². The van der Waals surface area contributed by atoms with E-state index in [1.165, 1.54) is 6.92 Å². The van der Waals surface area contributed by atoms with Gasteiger partial charge >= 0.3 is 23.9 Å².